The van der Waals surface area contributed by atoms with Crippen LogP contribution in [0, 0.1) is 17.3 Å². The molecule has 0 aliphatic heterocycles. The Kier molecular flexibility index (Phi) is 4.93. The summed E-state index contributed by atoms with van der Waals surface area (Å²) in [6.07, 6.45) is 11.7. The van der Waals surface area contributed by atoms with Crippen LogP contribution in [0.3, 0.4) is 0 Å². The maximum absolute atomic E-state index is 12.4. The highest BCUT2D eigenvalue weighted by Gasteiger charge is 2.51. The van der Waals surface area contributed by atoms with Gasteiger partial charge in [-0.25, -0.2) is 0 Å². The van der Waals surface area contributed by atoms with Crippen molar-refractivity contribution in [2.24, 2.45) is 17.3 Å². The van der Waals surface area contributed by atoms with E-state index in [0.717, 1.165) is 31.7 Å². The van der Waals surface area contributed by atoms with E-state index in [2.05, 4.69) is 44.7 Å². The highest BCUT2D eigenvalue weighted by atomic mass is 16.2. The Morgan fingerprint density at radius 3 is 2.60 bits per heavy atom. The molecule has 0 radical (unpaired) electrons. The van der Waals surface area contributed by atoms with Gasteiger partial charge in [0.05, 0.1) is 0 Å². The van der Waals surface area contributed by atoms with Gasteiger partial charge in [-0.3, -0.25) is 4.79 Å². The largest absolute Gasteiger partial charge is 0.339 e. The van der Waals surface area contributed by atoms with Crippen molar-refractivity contribution >= 4 is 5.91 Å². The summed E-state index contributed by atoms with van der Waals surface area (Å²) in [4.78, 5) is 14.5. The molecule has 2 atom stereocenters. The van der Waals surface area contributed by atoms with Crippen molar-refractivity contribution in [2.45, 2.75) is 72.3 Å². The van der Waals surface area contributed by atoms with Crippen molar-refractivity contribution in [1.82, 2.24) is 4.90 Å². The number of nitrogens with zero attached hydrogens (tertiary/aromatic N) is 1. The lowest BCUT2D eigenvalue weighted by atomic mass is 10.0. The number of carbonyl (C=O) groups excluding carboxylic acids is 1. The lowest BCUT2D eigenvalue weighted by molar-refractivity contribution is -0.135. The summed E-state index contributed by atoms with van der Waals surface area (Å²) in [5.74, 6) is 1.58. The van der Waals surface area contributed by atoms with Gasteiger partial charge in [-0.05, 0) is 63.7 Å². The number of rotatable bonds is 8. The van der Waals surface area contributed by atoms with Gasteiger partial charge in [-0.2, -0.15) is 0 Å². The molecule has 0 heterocycles. The summed E-state index contributed by atoms with van der Waals surface area (Å²) in [7, 11) is 0. The molecule has 2 unspecified atom stereocenters. The van der Waals surface area contributed by atoms with E-state index in [0.29, 0.717) is 23.3 Å². The zero-order valence-corrected chi connectivity index (χ0v) is 13.7. The summed E-state index contributed by atoms with van der Waals surface area (Å²) < 4.78 is 0. The van der Waals surface area contributed by atoms with E-state index in [1.165, 1.54) is 19.3 Å². The molecule has 2 fully saturated rings. The fraction of sp³-hybridized carbons (Fsp3) is 0.833. The van der Waals surface area contributed by atoms with Crippen molar-refractivity contribution < 1.29 is 4.79 Å². The second-order valence-electron chi connectivity index (χ2n) is 7.35. The summed E-state index contributed by atoms with van der Waals surface area (Å²) in [5, 5.41) is 0. The molecule has 2 nitrogen and oxygen atoms in total. The molecule has 2 aliphatic rings. The third kappa shape index (κ3) is 3.86. The quantitative estimate of drug-likeness (QED) is 0.602. The van der Waals surface area contributed by atoms with Gasteiger partial charge in [0.25, 0.3) is 0 Å². The SMILES string of the molecule is CC/C=C\CCC1CC1(C)CN(C(=O)C1CC1)C(C)C. The van der Waals surface area contributed by atoms with Gasteiger partial charge in [-0.15, -0.1) is 0 Å². The van der Waals surface area contributed by atoms with Crippen molar-refractivity contribution in [3.05, 3.63) is 12.2 Å². The van der Waals surface area contributed by atoms with Crippen LogP contribution in [0.25, 0.3) is 0 Å². The predicted molar refractivity (Wildman–Crippen MR) is 84.5 cm³/mol. The lowest BCUT2D eigenvalue weighted by Crippen LogP contribution is -2.41. The van der Waals surface area contributed by atoms with Crippen LogP contribution in [-0.2, 0) is 4.79 Å². The molecule has 2 saturated carbocycles. The van der Waals surface area contributed by atoms with Crippen molar-refractivity contribution in [1.29, 1.82) is 0 Å². The fourth-order valence-electron chi connectivity index (χ4n) is 3.20. The minimum atomic E-state index is 0.348. The van der Waals surface area contributed by atoms with Crippen LogP contribution in [0.5, 0.6) is 0 Å². The molecular formula is C18H31NO. The van der Waals surface area contributed by atoms with Crippen LogP contribution in [0.1, 0.15) is 66.2 Å². The van der Waals surface area contributed by atoms with Gasteiger partial charge in [0, 0.05) is 18.5 Å². The average Bonchev–Trinajstić information content (AvgIpc) is 3.28. The van der Waals surface area contributed by atoms with Gasteiger partial charge < -0.3 is 4.90 Å². The van der Waals surface area contributed by atoms with Crippen LogP contribution in [0.4, 0.5) is 0 Å². The Hall–Kier alpha value is -0.790. The van der Waals surface area contributed by atoms with Crippen LogP contribution < -0.4 is 0 Å². The maximum atomic E-state index is 12.4. The van der Waals surface area contributed by atoms with E-state index in [4.69, 9.17) is 0 Å². The number of hydrogen-bond acceptors (Lipinski definition) is 1. The molecule has 114 valence electrons. The first kappa shape index (κ1) is 15.6. The summed E-state index contributed by atoms with van der Waals surface area (Å²) in [5.41, 5.74) is 0.384. The second kappa shape index (κ2) is 6.32. The minimum absolute atomic E-state index is 0.348. The van der Waals surface area contributed by atoms with Gasteiger partial charge in [0.1, 0.15) is 0 Å². The Balaban J connectivity index is 1.81. The third-order valence-corrected chi connectivity index (χ3v) is 4.99. The zero-order valence-electron chi connectivity index (χ0n) is 13.7. The molecule has 0 aromatic heterocycles. The summed E-state index contributed by atoms with van der Waals surface area (Å²) in [6.45, 7) is 9.84. The van der Waals surface area contributed by atoms with Crippen molar-refractivity contribution in [3.8, 4) is 0 Å². The number of carbonyl (C=O) groups is 1. The molecule has 2 rings (SSSR count). The monoisotopic (exact) mass is 277 g/mol. The Bertz CT molecular complexity index is 370. The molecule has 20 heavy (non-hydrogen) atoms. The highest BCUT2D eigenvalue weighted by Crippen LogP contribution is 2.55. The molecule has 0 N–H and O–H groups in total. The van der Waals surface area contributed by atoms with Crippen LogP contribution in [-0.4, -0.2) is 23.4 Å². The van der Waals surface area contributed by atoms with Crippen LogP contribution >= 0.6 is 0 Å². The van der Waals surface area contributed by atoms with Crippen molar-refractivity contribution in [3.63, 3.8) is 0 Å². The zero-order chi connectivity index (χ0) is 14.8. The molecular weight excluding hydrogens is 246 g/mol. The van der Waals surface area contributed by atoms with Gasteiger partial charge in [-0.1, -0.05) is 26.0 Å². The van der Waals surface area contributed by atoms with Gasteiger partial charge in [0.2, 0.25) is 5.91 Å². The standard InChI is InChI=1S/C18H31NO/c1-5-6-7-8-9-16-12-18(16,4)13-19(14(2)3)17(20)15-10-11-15/h6-7,14-16H,5,8-13H2,1-4H3/b7-6-. The fourth-order valence-corrected chi connectivity index (χ4v) is 3.20. The Morgan fingerprint density at radius 1 is 1.35 bits per heavy atom. The van der Waals surface area contributed by atoms with Crippen LogP contribution in [0.15, 0.2) is 12.2 Å². The molecule has 0 aromatic rings. The molecule has 1 amide bonds. The van der Waals surface area contributed by atoms with Crippen molar-refractivity contribution in [2.75, 3.05) is 6.54 Å². The second-order valence-corrected chi connectivity index (χ2v) is 7.35. The molecule has 2 aliphatic carbocycles. The van der Waals surface area contributed by atoms with E-state index in [1.54, 1.807) is 0 Å². The first-order valence-corrected chi connectivity index (χ1v) is 8.43. The molecule has 2 heteroatoms. The smallest absolute Gasteiger partial charge is 0.225 e. The van der Waals surface area contributed by atoms with E-state index >= 15 is 0 Å². The summed E-state index contributed by atoms with van der Waals surface area (Å²) in [6, 6.07) is 0.348. The van der Waals surface area contributed by atoms with E-state index in [1.807, 2.05) is 0 Å². The minimum Gasteiger partial charge on any atom is -0.339 e. The Morgan fingerprint density at radius 2 is 2.05 bits per heavy atom. The molecule has 0 bridgehead atoms. The topological polar surface area (TPSA) is 20.3 Å². The predicted octanol–water partition coefficient (Wildman–Crippen LogP) is 4.41. The molecule has 0 saturated heterocycles. The first-order valence-electron chi connectivity index (χ1n) is 8.43. The molecule has 0 aromatic carbocycles. The van der Waals surface area contributed by atoms with Gasteiger partial charge in [0.15, 0.2) is 0 Å². The third-order valence-electron chi connectivity index (χ3n) is 4.99. The normalized spacial score (nSPS) is 29.1. The van der Waals surface area contributed by atoms with Crippen LogP contribution in [0.2, 0.25) is 0 Å². The summed E-state index contributed by atoms with van der Waals surface area (Å²) >= 11 is 0. The number of amides is 1. The highest BCUT2D eigenvalue weighted by molar-refractivity contribution is 5.81. The van der Waals surface area contributed by atoms with E-state index in [9.17, 15) is 4.79 Å². The Labute approximate surface area is 124 Å². The average molecular weight is 277 g/mol. The van der Waals surface area contributed by atoms with Gasteiger partial charge >= 0.3 is 0 Å². The maximum Gasteiger partial charge on any atom is 0.225 e. The number of allylic oxidation sites excluding steroid dienone is 2. The van der Waals surface area contributed by atoms with E-state index < -0.39 is 0 Å². The lowest BCUT2D eigenvalue weighted by Gasteiger charge is -2.30. The first-order chi connectivity index (χ1) is 9.48. The molecule has 0 spiro atoms. The number of hydrogen-bond donors (Lipinski definition) is 0. The van der Waals surface area contributed by atoms with E-state index in [-0.39, 0.29) is 0 Å².